The van der Waals surface area contributed by atoms with Crippen molar-refractivity contribution in [2.24, 2.45) is 5.92 Å². The Morgan fingerprint density at radius 3 is 2.83 bits per heavy atom. The summed E-state index contributed by atoms with van der Waals surface area (Å²) in [6.07, 6.45) is 4.90. The number of pyridine rings is 1. The average molecular weight is 409 g/mol. The zero-order chi connectivity index (χ0) is 20.5. The number of ether oxygens (including phenoxy) is 1. The van der Waals surface area contributed by atoms with Crippen LogP contribution in [0, 0.1) is 5.92 Å². The molecule has 7 nitrogen and oxygen atoms in total. The highest BCUT2D eigenvalue weighted by atomic mass is 19.1. The number of alkyl halides is 1. The first-order valence-electron chi connectivity index (χ1n) is 10.4. The number of rotatable bonds is 2. The van der Waals surface area contributed by atoms with Gasteiger partial charge in [-0.3, -0.25) is 4.39 Å². The molecule has 0 unspecified atom stereocenters. The van der Waals surface area contributed by atoms with E-state index in [2.05, 4.69) is 21.0 Å². The molecule has 0 saturated carbocycles. The third kappa shape index (κ3) is 3.58. The van der Waals surface area contributed by atoms with Crippen LogP contribution in [0.4, 0.5) is 9.18 Å². The summed E-state index contributed by atoms with van der Waals surface area (Å²) in [7, 11) is 0. The van der Waals surface area contributed by atoms with E-state index in [9.17, 15) is 9.18 Å². The highest BCUT2D eigenvalue weighted by molar-refractivity contribution is 5.78. The summed E-state index contributed by atoms with van der Waals surface area (Å²) in [5.41, 5.74) is 4.53. The summed E-state index contributed by atoms with van der Waals surface area (Å²) in [6, 6.07) is 8.07. The maximum Gasteiger partial charge on any atom is 0.320 e. The molecule has 8 heteroatoms. The second-order valence-corrected chi connectivity index (χ2v) is 7.96. The Labute approximate surface area is 173 Å². The van der Waals surface area contributed by atoms with Crippen molar-refractivity contribution in [3.05, 3.63) is 42.4 Å². The molecule has 0 atom stereocenters. The molecular formula is C22H24FN5O2. The van der Waals surface area contributed by atoms with Gasteiger partial charge >= 0.3 is 6.03 Å². The van der Waals surface area contributed by atoms with Gasteiger partial charge < -0.3 is 19.5 Å². The minimum atomic E-state index is -0.297. The highest BCUT2D eigenvalue weighted by Gasteiger charge is 2.28. The molecule has 1 fully saturated rings. The number of urea groups is 1. The monoisotopic (exact) mass is 409 g/mol. The molecule has 0 radical (unpaired) electrons. The summed E-state index contributed by atoms with van der Waals surface area (Å²) >= 11 is 0. The van der Waals surface area contributed by atoms with E-state index in [1.807, 2.05) is 28.0 Å². The van der Waals surface area contributed by atoms with E-state index in [0.717, 1.165) is 40.8 Å². The molecule has 1 N–H and O–H groups in total. The summed E-state index contributed by atoms with van der Waals surface area (Å²) < 4.78 is 18.8. The zero-order valence-electron chi connectivity index (χ0n) is 16.7. The molecule has 0 bridgehead atoms. The number of piperidine rings is 1. The number of hydrogen-bond acceptors (Lipinski definition) is 4. The predicted octanol–water partition coefficient (Wildman–Crippen LogP) is 3.62. The van der Waals surface area contributed by atoms with Gasteiger partial charge in [0, 0.05) is 30.4 Å². The first-order chi connectivity index (χ1) is 14.7. The number of amides is 2. The van der Waals surface area contributed by atoms with Crippen LogP contribution in [-0.4, -0.2) is 63.7 Å². The molecule has 5 rings (SSSR count). The third-order valence-electron chi connectivity index (χ3n) is 6.02. The Morgan fingerprint density at radius 2 is 2.00 bits per heavy atom. The number of hydrogen-bond donors (Lipinski definition) is 1. The number of carbonyl (C=O) groups excluding carboxylic acids is 1. The molecule has 2 aliphatic heterocycles. The van der Waals surface area contributed by atoms with E-state index in [0.29, 0.717) is 38.4 Å². The SMILES string of the molecule is O=C(N1CCC(CF)CC1)N1CCOc2ccc(-c3cnc4nc[nH]c4c3)cc2C1. The molecular weight excluding hydrogens is 385 g/mol. The number of likely N-dealkylation sites (tertiary alicyclic amines) is 1. The van der Waals surface area contributed by atoms with E-state index in [1.54, 1.807) is 12.5 Å². The van der Waals surface area contributed by atoms with Gasteiger partial charge in [-0.2, -0.15) is 0 Å². The lowest BCUT2D eigenvalue weighted by Crippen LogP contribution is -2.47. The minimum Gasteiger partial charge on any atom is -0.491 e. The Bertz CT molecular complexity index is 1060. The van der Waals surface area contributed by atoms with Crippen molar-refractivity contribution in [1.29, 1.82) is 0 Å². The molecule has 2 aromatic heterocycles. The Kier molecular flexibility index (Phi) is 4.98. The largest absolute Gasteiger partial charge is 0.491 e. The quantitative estimate of drug-likeness (QED) is 0.702. The number of aromatic nitrogens is 3. The molecule has 30 heavy (non-hydrogen) atoms. The van der Waals surface area contributed by atoms with Crippen LogP contribution in [0.1, 0.15) is 18.4 Å². The van der Waals surface area contributed by atoms with Crippen LogP contribution < -0.4 is 4.74 Å². The van der Waals surface area contributed by atoms with Crippen molar-refractivity contribution in [1.82, 2.24) is 24.8 Å². The Hall–Kier alpha value is -3.16. The third-order valence-corrected chi connectivity index (χ3v) is 6.02. The van der Waals surface area contributed by atoms with Gasteiger partial charge in [-0.1, -0.05) is 6.07 Å². The molecule has 0 spiro atoms. The number of nitrogens with one attached hydrogen (secondary N) is 1. The lowest BCUT2D eigenvalue weighted by atomic mass is 9.99. The van der Waals surface area contributed by atoms with Crippen molar-refractivity contribution in [3.63, 3.8) is 0 Å². The number of H-pyrrole nitrogens is 1. The number of imidazole rings is 1. The normalized spacial score (nSPS) is 17.5. The second-order valence-electron chi connectivity index (χ2n) is 7.96. The van der Waals surface area contributed by atoms with Gasteiger partial charge in [-0.05, 0) is 42.5 Å². The summed E-state index contributed by atoms with van der Waals surface area (Å²) in [4.78, 5) is 28.4. The van der Waals surface area contributed by atoms with Crippen molar-refractivity contribution < 1.29 is 13.9 Å². The second kappa shape index (κ2) is 7.93. The number of aromatic amines is 1. The standard InChI is InChI=1S/C22H24FN5O2/c23-11-15-3-5-27(6-4-15)22(29)28-7-8-30-20-2-1-16(9-18(20)13-28)17-10-19-21(24-12-17)26-14-25-19/h1-2,9-10,12,14-15H,3-8,11,13H2,(H,24,25,26). The van der Waals surface area contributed by atoms with Crippen LogP contribution in [0.2, 0.25) is 0 Å². The van der Waals surface area contributed by atoms with Gasteiger partial charge in [0.1, 0.15) is 12.4 Å². The smallest absolute Gasteiger partial charge is 0.320 e. The molecule has 2 amide bonds. The van der Waals surface area contributed by atoms with Crippen molar-refractivity contribution in [2.45, 2.75) is 19.4 Å². The maximum absolute atomic E-state index is 13.1. The first-order valence-corrected chi connectivity index (χ1v) is 10.4. The van der Waals surface area contributed by atoms with Crippen LogP contribution >= 0.6 is 0 Å². The highest BCUT2D eigenvalue weighted by Crippen LogP contribution is 2.30. The number of halogens is 1. The predicted molar refractivity (Wildman–Crippen MR) is 111 cm³/mol. The number of nitrogens with zero attached hydrogens (tertiary/aromatic N) is 4. The summed E-state index contributed by atoms with van der Waals surface area (Å²) in [5, 5.41) is 0. The molecule has 1 saturated heterocycles. The maximum atomic E-state index is 13.1. The van der Waals surface area contributed by atoms with Gasteiger partial charge in [-0.15, -0.1) is 0 Å². The fourth-order valence-electron chi connectivity index (χ4n) is 4.20. The fourth-order valence-corrected chi connectivity index (χ4v) is 4.20. The molecule has 156 valence electrons. The van der Waals surface area contributed by atoms with Gasteiger partial charge in [0.05, 0.1) is 31.6 Å². The van der Waals surface area contributed by atoms with E-state index >= 15 is 0 Å². The number of carbonyl (C=O) groups is 1. The molecule has 1 aromatic carbocycles. The molecule has 2 aliphatic rings. The van der Waals surface area contributed by atoms with Crippen LogP contribution in [0.25, 0.3) is 22.3 Å². The minimum absolute atomic E-state index is 0.00899. The van der Waals surface area contributed by atoms with Crippen molar-refractivity contribution in [2.75, 3.05) is 32.9 Å². The van der Waals surface area contributed by atoms with Crippen LogP contribution in [0.15, 0.2) is 36.8 Å². The van der Waals surface area contributed by atoms with Crippen LogP contribution in [0.3, 0.4) is 0 Å². The van der Waals surface area contributed by atoms with Crippen molar-refractivity contribution in [3.8, 4) is 16.9 Å². The number of fused-ring (bicyclic) bond motifs is 2. The average Bonchev–Trinajstić information content (AvgIpc) is 3.16. The summed E-state index contributed by atoms with van der Waals surface area (Å²) in [5.74, 6) is 0.895. The first kappa shape index (κ1) is 18.8. The van der Waals surface area contributed by atoms with Gasteiger partial charge in [0.2, 0.25) is 0 Å². The van der Waals surface area contributed by atoms with Gasteiger partial charge in [0.15, 0.2) is 5.65 Å². The van der Waals surface area contributed by atoms with Crippen LogP contribution in [0.5, 0.6) is 5.75 Å². The Morgan fingerprint density at radius 1 is 1.13 bits per heavy atom. The van der Waals surface area contributed by atoms with E-state index in [-0.39, 0.29) is 18.6 Å². The van der Waals surface area contributed by atoms with E-state index < -0.39 is 0 Å². The molecule has 0 aliphatic carbocycles. The molecule has 3 aromatic rings. The van der Waals surface area contributed by atoms with Crippen LogP contribution in [-0.2, 0) is 6.54 Å². The topological polar surface area (TPSA) is 74.3 Å². The lowest BCUT2D eigenvalue weighted by molar-refractivity contribution is 0.122. The van der Waals surface area contributed by atoms with Crippen molar-refractivity contribution >= 4 is 17.2 Å². The zero-order valence-corrected chi connectivity index (χ0v) is 16.7. The van der Waals surface area contributed by atoms with E-state index in [4.69, 9.17) is 4.74 Å². The van der Waals surface area contributed by atoms with E-state index in [1.165, 1.54) is 0 Å². The van der Waals surface area contributed by atoms with Gasteiger partial charge in [-0.25, -0.2) is 14.8 Å². The van der Waals surface area contributed by atoms with Gasteiger partial charge in [0.25, 0.3) is 0 Å². The Balaban J connectivity index is 1.37. The lowest BCUT2D eigenvalue weighted by Gasteiger charge is -2.34. The fraction of sp³-hybridized carbons (Fsp3) is 0.409. The summed E-state index contributed by atoms with van der Waals surface area (Å²) in [6.45, 7) is 2.43. The molecule has 4 heterocycles. The number of benzene rings is 1.